The van der Waals surface area contributed by atoms with Crippen molar-refractivity contribution in [3.05, 3.63) is 11.9 Å². The smallest absolute Gasteiger partial charge is 0.272 e. The van der Waals surface area contributed by atoms with E-state index in [1.54, 1.807) is 11.8 Å². The quantitative estimate of drug-likeness (QED) is 0.791. The molecule has 0 bridgehead atoms. The highest BCUT2D eigenvalue weighted by Crippen LogP contribution is 2.12. The first-order valence-electron chi connectivity index (χ1n) is 5.54. The number of carbonyl (C=O) groups is 1. The molecular weight excluding hydrogens is 220 g/mol. The van der Waals surface area contributed by atoms with Gasteiger partial charge >= 0.3 is 0 Å². The van der Waals surface area contributed by atoms with Crippen molar-refractivity contribution in [1.82, 2.24) is 15.1 Å². The average Bonchev–Trinajstić information content (AvgIpc) is 2.58. The number of nitrogens with two attached hydrogens (primary N) is 1. The summed E-state index contributed by atoms with van der Waals surface area (Å²) in [5, 5.41) is 6.90. The predicted molar refractivity (Wildman–Crippen MR) is 65.7 cm³/mol. The third-order valence-corrected chi connectivity index (χ3v) is 2.34. The Balaban J connectivity index is 2.86. The summed E-state index contributed by atoms with van der Waals surface area (Å²) in [6.45, 7) is 6.71. The van der Waals surface area contributed by atoms with Crippen molar-refractivity contribution in [1.29, 1.82) is 0 Å². The van der Waals surface area contributed by atoms with Crippen molar-refractivity contribution >= 4 is 11.6 Å². The lowest BCUT2D eigenvalue weighted by Gasteiger charge is -2.25. The fourth-order valence-electron chi connectivity index (χ4n) is 1.65. The molecule has 0 saturated heterocycles. The van der Waals surface area contributed by atoms with E-state index in [0.717, 1.165) is 0 Å². The van der Waals surface area contributed by atoms with Crippen LogP contribution in [0.1, 0.15) is 31.3 Å². The molecule has 6 heteroatoms. The van der Waals surface area contributed by atoms with Gasteiger partial charge in [-0.05, 0) is 20.8 Å². The third kappa shape index (κ3) is 3.20. The van der Waals surface area contributed by atoms with Crippen molar-refractivity contribution in [3.63, 3.8) is 0 Å². The molecule has 1 aromatic heterocycles. The summed E-state index contributed by atoms with van der Waals surface area (Å²) in [6.07, 6.45) is 1.49. The molecule has 1 rings (SSSR count). The zero-order chi connectivity index (χ0) is 13.1. The highest BCUT2D eigenvalue weighted by Gasteiger charge is 2.24. The van der Waals surface area contributed by atoms with Crippen molar-refractivity contribution in [2.24, 2.45) is 0 Å². The van der Waals surface area contributed by atoms with Crippen LogP contribution in [0.15, 0.2) is 6.20 Å². The van der Waals surface area contributed by atoms with E-state index in [2.05, 4.69) is 10.4 Å². The number of amides is 1. The number of anilines is 1. The molecule has 0 unspecified atom stereocenters. The molecule has 0 saturated carbocycles. The molecule has 1 amide bonds. The highest BCUT2D eigenvalue weighted by molar-refractivity contribution is 5.97. The van der Waals surface area contributed by atoms with Gasteiger partial charge in [0.05, 0.1) is 24.0 Å². The Morgan fingerprint density at radius 3 is 2.82 bits per heavy atom. The zero-order valence-corrected chi connectivity index (χ0v) is 10.8. The van der Waals surface area contributed by atoms with Crippen LogP contribution in [0.3, 0.4) is 0 Å². The van der Waals surface area contributed by atoms with E-state index in [0.29, 0.717) is 24.5 Å². The van der Waals surface area contributed by atoms with Gasteiger partial charge < -0.3 is 15.8 Å². The van der Waals surface area contributed by atoms with Crippen LogP contribution >= 0.6 is 0 Å². The van der Waals surface area contributed by atoms with E-state index in [-0.39, 0.29) is 5.91 Å². The lowest BCUT2D eigenvalue weighted by Crippen LogP contribution is -2.47. The van der Waals surface area contributed by atoms with Gasteiger partial charge in [0, 0.05) is 13.7 Å². The Morgan fingerprint density at radius 1 is 1.65 bits per heavy atom. The van der Waals surface area contributed by atoms with E-state index in [1.165, 1.54) is 6.20 Å². The van der Waals surface area contributed by atoms with Crippen LogP contribution in [0.5, 0.6) is 0 Å². The predicted octanol–water partition coefficient (Wildman–Crippen LogP) is 0.640. The van der Waals surface area contributed by atoms with Gasteiger partial charge in [-0.2, -0.15) is 5.10 Å². The van der Waals surface area contributed by atoms with E-state index >= 15 is 0 Å². The highest BCUT2D eigenvalue weighted by atomic mass is 16.5. The van der Waals surface area contributed by atoms with E-state index in [9.17, 15) is 4.79 Å². The summed E-state index contributed by atoms with van der Waals surface area (Å²) in [5.74, 6) is -0.232. The number of aromatic nitrogens is 2. The van der Waals surface area contributed by atoms with Crippen LogP contribution in [-0.2, 0) is 11.3 Å². The molecule has 0 aromatic carbocycles. The third-order valence-electron chi connectivity index (χ3n) is 2.34. The second-order valence-corrected chi connectivity index (χ2v) is 4.54. The molecule has 96 valence electrons. The Labute approximate surface area is 101 Å². The minimum atomic E-state index is -0.443. The maximum Gasteiger partial charge on any atom is 0.272 e. The molecule has 0 aliphatic heterocycles. The molecule has 0 radical (unpaired) electrons. The van der Waals surface area contributed by atoms with E-state index in [1.807, 2.05) is 20.8 Å². The monoisotopic (exact) mass is 240 g/mol. The maximum absolute atomic E-state index is 12.1. The van der Waals surface area contributed by atoms with Crippen molar-refractivity contribution in [2.75, 3.05) is 19.5 Å². The van der Waals surface area contributed by atoms with E-state index < -0.39 is 5.54 Å². The minimum Gasteiger partial charge on any atom is -0.396 e. The van der Waals surface area contributed by atoms with E-state index in [4.69, 9.17) is 10.5 Å². The van der Waals surface area contributed by atoms with Gasteiger partial charge in [-0.25, -0.2) is 0 Å². The van der Waals surface area contributed by atoms with Crippen molar-refractivity contribution in [3.8, 4) is 0 Å². The summed E-state index contributed by atoms with van der Waals surface area (Å²) in [4.78, 5) is 12.1. The number of methoxy groups -OCH3 is 1. The molecule has 6 nitrogen and oxygen atoms in total. The second kappa shape index (κ2) is 5.18. The topological polar surface area (TPSA) is 82.2 Å². The van der Waals surface area contributed by atoms with Crippen molar-refractivity contribution < 1.29 is 9.53 Å². The number of nitrogens with zero attached hydrogens (tertiary/aromatic N) is 2. The van der Waals surface area contributed by atoms with Crippen LogP contribution in [0.25, 0.3) is 0 Å². The zero-order valence-electron chi connectivity index (χ0n) is 10.8. The standard InChI is InChI=1S/C11H20N4O2/c1-5-15-9(8(12)6-13-15)10(16)14-11(2,3)7-17-4/h6H,5,7,12H2,1-4H3,(H,14,16). The molecule has 0 atom stereocenters. The Kier molecular flexibility index (Phi) is 4.11. The van der Waals surface area contributed by atoms with Gasteiger partial charge in [0.15, 0.2) is 0 Å². The normalized spacial score (nSPS) is 11.5. The summed E-state index contributed by atoms with van der Waals surface area (Å²) in [5.41, 5.74) is 6.08. The molecule has 3 N–H and O–H groups in total. The second-order valence-electron chi connectivity index (χ2n) is 4.54. The Hall–Kier alpha value is -1.56. The lowest BCUT2D eigenvalue weighted by molar-refractivity contribution is 0.0811. The number of rotatable bonds is 5. The molecule has 0 spiro atoms. The fraction of sp³-hybridized carbons (Fsp3) is 0.636. The summed E-state index contributed by atoms with van der Waals surface area (Å²) >= 11 is 0. The fourth-order valence-corrected chi connectivity index (χ4v) is 1.65. The van der Waals surface area contributed by atoms with Crippen LogP contribution in [-0.4, -0.2) is 34.9 Å². The molecule has 17 heavy (non-hydrogen) atoms. The van der Waals surface area contributed by atoms with Gasteiger partial charge in [0.2, 0.25) is 0 Å². The number of aryl methyl sites for hydroxylation is 1. The molecule has 1 aromatic rings. The molecular formula is C11H20N4O2. The van der Waals surface area contributed by atoms with Gasteiger partial charge in [-0.3, -0.25) is 9.48 Å². The first-order valence-corrected chi connectivity index (χ1v) is 5.54. The number of hydrogen-bond donors (Lipinski definition) is 2. The number of nitrogen functional groups attached to an aromatic ring is 1. The Bertz CT molecular complexity index is 398. The van der Waals surface area contributed by atoms with Crippen molar-refractivity contribution in [2.45, 2.75) is 32.9 Å². The molecule has 0 aliphatic carbocycles. The van der Waals surface area contributed by atoms with Gasteiger partial charge in [0.1, 0.15) is 5.69 Å². The lowest BCUT2D eigenvalue weighted by atomic mass is 10.1. The molecule has 1 heterocycles. The first kappa shape index (κ1) is 13.5. The number of carbonyl (C=O) groups excluding carboxylic acids is 1. The largest absolute Gasteiger partial charge is 0.396 e. The summed E-state index contributed by atoms with van der Waals surface area (Å²) < 4.78 is 6.62. The molecule has 0 aliphatic rings. The molecule has 0 fully saturated rings. The Morgan fingerprint density at radius 2 is 2.29 bits per heavy atom. The SMILES string of the molecule is CCn1ncc(N)c1C(=O)NC(C)(C)COC. The van der Waals surface area contributed by atoms with Crippen LogP contribution in [0, 0.1) is 0 Å². The van der Waals surface area contributed by atoms with Crippen LogP contribution in [0.4, 0.5) is 5.69 Å². The number of ether oxygens (including phenoxy) is 1. The van der Waals surface area contributed by atoms with Gasteiger partial charge in [0.25, 0.3) is 5.91 Å². The summed E-state index contributed by atoms with van der Waals surface area (Å²) in [6, 6.07) is 0. The first-order chi connectivity index (χ1) is 7.91. The van der Waals surface area contributed by atoms with Gasteiger partial charge in [-0.1, -0.05) is 0 Å². The number of nitrogens with one attached hydrogen (secondary N) is 1. The minimum absolute atomic E-state index is 0.232. The maximum atomic E-state index is 12.1. The number of hydrogen-bond acceptors (Lipinski definition) is 4. The van der Waals surface area contributed by atoms with Crippen LogP contribution < -0.4 is 11.1 Å². The van der Waals surface area contributed by atoms with Gasteiger partial charge in [-0.15, -0.1) is 0 Å². The van der Waals surface area contributed by atoms with Crippen LogP contribution in [0.2, 0.25) is 0 Å². The summed E-state index contributed by atoms with van der Waals surface area (Å²) in [7, 11) is 1.60. The average molecular weight is 240 g/mol.